The number of nitrogens with zero attached hydrogens (tertiary/aromatic N) is 2. The van der Waals surface area contributed by atoms with E-state index in [1.807, 2.05) is 20.8 Å². The molecule has 1 aliphatic carbocycles. The number of carbonyl (C=O) groups is 1. The number of fused-ring (bicyclic) bond motifs is 1. The molecule has 4 nitrogen and oxygen atoms in total. The Kier molecular flexibility index (Phi) is 5.38. The Morgan fingerprint density at radius 2 is 2.04 bits per heavy atom. The van der Waals surface area contributed by atoms with Gasteiger partial charge in [-0.1, -0.05) is 32.5 Å². The van der Waals surface area contributed by atoms with Crippen LogP contribution in [0.4, 0.5) is 13.2 Å². The highest BCUT2D eigenvalue weighted by atomic mass is 32.2. The quantitative estimate of drug-likeness (QED) is 0.822. The highest BCUT2D eigenvalue weighted by Crippen LogP contribution is 2.44. The first-order chi connectivity index (χ1) is 11.4. The van der Waals surface area contributed by atoms with Crippen molar-refractivity contribution < 1.29 is 18.0 Å². The van der Waals surface area contributed by atoms with Gasteiger partial charge in [0.1, 0.15) is 11.1 Å². The molecule has 1 amide bonds. The Hall–Kier alpha value is -1.75. The van der Waals surface area contributed by atoms with Crippen LogP contribution in [-0.2, 0) is 23.8 Å². The number of thioether (sulfide) groups is 1. The van der Waals surface area contributed by atoms with Gasteiger partial charge in [0, 0.05) is 5.69 Å². The number of amides is 1. The summed E-state index contributed by atoms with van der Waals surface area (Å²) in [5, 5.41) is 9.27. The van der Waals surface area contributed by atoms with E-state index >= 15 is 0 Å². The van der Waals surface area contributed by atoms with Gasteiger partial charge in [0.15, 0.2) is 0 Å². The molecule has 0 radical (unpaired) electrons. The van der Waals surface area contributed by atoms with Crippen LogP contribution in [0.3, 0.4) is 0 Å². The van der Waals surface area contributed by atoms with Crippen molar-refractivity contribution in [3.05, 3.63) is 22.4 Å². The SMILES string of the molecule is CC(C)(C)C1CCc2nc(SCC(N)=O)c(C#N)c(C(F)(F)F)c2C1. The average Bonchev–Trinajstić information content (AvgIpc) is 2.48. The van der Waals surface area contributed by atoms with Crippen LogP contribution in [0, 0.1) is 22.7 Å². The lowest BCUT2D eigenvalue weighted by Gasteiger charge is -2.36. The number of hydrogen-bond acceptors (Lipinski definition) is 4. The largest absolute Gasteiger partial charge is 0.418 e. The van der Waals surface area contributed by atoms with Gasteiger partial charge in [0.25, 0.3) is 0 Å². The van der Waals surface area contributed by atoms with Crippen LogP contribution in [-0.4, -0.2) is 16.6 Å². The number of aromatic nitrogens is 1. The molecule has 1 aliphatic rings. The fourth-order valence-electron chi connectivity index (χ4n) is 3.13. The number of hydrogen-bond donors (Lipinski definition) is 1. The summed E-state index contributed by atoms with van der Waals surface area (Å²) in [4.78, 5) is 15.2. The lowest BCUT2D eigenvalue weighted by molar-refractivity contribution is -0.139. The second-order valence-electron chi connectivity index (χ2n) is 7.26. The van der Waals surface area contributed by atoms with E-state index in [-0.39, 0.29) is 34.1 Å². The molecular formula is C17H20F3N3OS. The molecule has 25 heavy (non-hydrogen) atoms. The van der Waals surface area contributed by atoms with Crippen LogP contribution in [0.25, 0.3) is 0 Å². The first-order valence-corrected chi connectivity index (χ1v) is 8.87. The van der Waals surface area contributed by atoms with E-state index in [2.05, 4.69) is 4.98 Å². The number of aryl methyl sites for hydroxylation is 1. The molecular weight excluding hydrogens is 351 g/mol. The van der Waals surface area contributed by atoms with E-state index in [1.165, 1.54) is 0 Å². The molecule has 136 valence electrons. The summed E-state index contributed by atoms with van der Waals surface area (Å²) in [6, 6.07) is 1.64. The number of pyridine rings is 1. The summed E-state index contributed by atoms with van der Waals surface area (Å²) < 4.78 is 41.2. The van der Waals surface area contributed by atoms with Crippen molar-refractivity contribution in [3.63, 3.8) is 0 Å². The zero-order chi connectivity index (χ0) is 19.0. The summed E-state index contributed by atoms with van der Waals surface area (Å²) in [6.07, 6.45) is -3.24. The summed E-state index contributed by atoms with van der Waals surface area (Å²) >= 11 is 0.781. The van der Waals surface area contributed by atoms with Crippen LogP contribution in [0.15, 0.2) is 5.03 Å². The van der Waals surface area contributed by atoms with Gasteiger partial charge in [-0.2, -0.15) is 18.4 Å². The van der Waals surface area contributed by atoms with Crippen LogP contribution >= 0.6 is 11.8 Å². The third-order valence-electron chi connectivity index (χ3n) is 4.50. The maximum Gasteiger partial charge on any atom is 0.418 e. The molecule has 2 rings (SSSR count). The third-order valence-corrected chi connectivity index (χ3v) is 5.50. The molecule has 8 heteroatoms. The lowest BCUT2D eigenvalue weighted by Crippen LogP contribution is -2.30. The van der Waals surface area contributed by atoms with Gasteiger partial charge in [0.05, 0.1) is 16.9 Å². The zero-order valence-corrected chi connectivity index (χ0v) is 15.1. The van der Waals surface area contributed by atoms with Crippen molar-refractivity contribution in [3.8, 4) is 6.07 Å². The van der Waals surface area contributed by atoms with Crippen LogP contribution in [0.2, 0.25) is 0 Å². The Balaban J connectivity index is 2.62. The Bertz CT molecular complexity index is 733. The Morgan fingerprint density at radius 3 is 2.52 bits per heavy atom. The lowest BCUT2D eigenvalue weighted by atomic mass is 9.70. The second-order valence-corrected chi connectivity index (χ2v) is 8.23. The van der Waals surface area contributed by atoms with Gasteiger partial charge in [-0.05, 0) is 36.2 Å². The van der Waals surface area contributed by atoms with Crippen molar-refractivity contribution in [2.45, 2.75) is 51.2 Å². The smallest absolute Gasteiger partial charge is 0.369 e. The molecule has 0 aromatic carbocycles. The highest BCUT2D eigenvalue weighted by molar-refractivity contribution is 8.00. The monoisotopic (exact) mass is 371 g/mol. The molecule has 0 aliphatic heterocycles. The molecule has 2 N–H and O–H groups in total. The van der Waals surface area contributed by atoms with Gasteiger partial charge in [-0.25, -0.2) is 4.98 Å². The number of carbonyl (C=O) groups excluding carboxylic acids is 1. The van der Waals surface area contributed by atoms with Crippen LogP contribution in [0.1, 0.15) is 49.6 Å². The first kappa shape index (κ1) is 19.6. The topological polar surface area (TPSA) is 79.8 Å². The van der Waals surface area contributed by atoms with Crippen molar-refractivity contribution in [1.82, 2.24) is 4.98 Å². The molecule has 1 unspecified atom stereocenters. The molecule has 1 aromatic heterocycles. The minimum atomic E-state index is -4.65. The van der Waals surface area contributed by atoms with E-state index in [0.29, 0.717) is 12.1 Å². The average molecular weight is 371 g/mol. The molecule has 0 fully saturated rings. The maximum absolute atomic E-state index is 13.7. The summed E-state index contributed by atoms with van der Waals surface area (Å²) in [7, 11) is 0. The summed E-state index contributed by atoms with van der Waals surface area (Å²) in [6.45, 7) is 6.02. The predicted molar refractivity (Wildman–Crippen MR) is 88.8 cm³/mol. The van der Waals surface area contributed by atoms with E-state index < -0.39 is 23.2 Å². The summed E-state index contributed by atoms with van der Waals surface area (Å²) in [5.41, 5.74) is 4.02. The fraction of sp³-hybridized carbons (Fsp3) is 0.588. The number of nitrogens with two attached hydrogens (primary N) is 1. The molecule has 0 bridgehead atoms. The number of alkyl halides is 3. The van der Waals surface area contributed by atoms with E-state index in [4.69, 9.17) is 5.73 Å². The zero-order valence-electron chi connectivity index (χ0n) is 14.3. The van der Waals surface area contributed by atoms with Gasteiger partial charge in [0.2, 0.25) is 5.91 Å². The van der Waals surface area contributed by atoms with E-state index in [9.17, 15) is 23.2 Å². The van der Waals surface area contributed by atoms with Gasteiger partial charge < -0.3 is 5.73 Å². The van der Waals surface area contributed by atoms with Crippen molar-refractivity contribution in [2.24, 2.45) is 17.1 Å². The normalized spacial score (nSPS) is 17.7. The maximum atomic E-state index is 13.7. The fourth-order valence-corrected chi connectivity index (χ4v) is 3.88. The number of halogens is 3. The van der Waals surface area contributed by atoms with Gasteiger partial charge in [-0.3, -0.25) is 4.79 Å². The van der Waals surface area contributed by atoms with Gasteiger partial charge in [-0.15, -0.1) is 0 Å². The predicted octanol–water partition coefficient (Wildman–Crippen LogP) is 3.70. The number of rotatable bonds is 3. The molecule has 1 atom stereocenters. The Labute approximate surface area is 149 Å². The van der Waals surface area contributed by atoms with Crippen molar-refractivity contribution in [2.75, 3.05) is 5.75 Å². The van der Waals surface area contributed by atoms with Crippen LogP contribution < -0.4 is 5.73 Å². The standard InChI is InChI=1S/C17H20F3N3OS/c1-16(2,3)9-4-5-12-10(6-9)14(17(18,19)20)11(7-21)15(23-12)25-8-13(22)24/h9H,4-6,8H2,1-3H3,(H2,22,24). The minimum Gasteiger partial charge on any atom is -0.369 e. The van der Waals surface area contributed by atoms with Crippen molar-refractivity contribution >= 4 is 17.7 Å². The van der Waals surface area contributed by atoms with E-state index in [1.54, 1.807) is 6.07 Å². The number of nitriles is 1. The molecule has 1 aromatic rings. The molecule has 0 saturated heterocycles. The third kappa shape index (κ3) is 4.27. The number of primary amides is 1. The van der Waals surface area contributed by atoms with Gasteiger partial charge >= 0.3 is 6.18 Å². The highest BCUT2D eigenvalue weighted by Gasteiger charge is 2.42. The minimum absolute atomic E-state index is 0.0680. The molecule has 0 spiro atoms. The Morgan fingerprint density at radius 1 is 1.40 bits per heavy atom. The molecule has 1 heterocycles. The summed E-state index contributed by atoms with van der Waals surface area (Å²) in [5.74, 6) is -0.809. The second kappa shape index (κ2) is 6.87. The van der Waals surface area contributed by atoms with Crippen LogP contribution in [0.5, 0.6) is 0 Å². The van der Waals surface area contributed by atoms with E-state index in [0.717, 1.165) is 18.2 Å². The van der Waals surface area contributed by atoms with Crippen molar-refractivity contribution in [1.29, 1.82) is 5.26 Å². The molecule has 0 saturated carbocycles. The first-order valence-electron chi connectivity index (χ1n) is 7.89.